The van der Waals surface area contributed by atoms with Crippen molar-refractivity contribution in [3.05, 3.63) is 22.5 Å². The second-order valence-corrected chi connectivity index (χ2v) is 6.38. The van der Waals surface area contributed by atoms with Gasteiger partial charge < -0.3 is 15.6 Å². The number of amides is 1. The molecule has 5 heteroatoms. The molecule has 1 atom stereocenters. The lowest BCUT2D eigenvalue weighted by molar-refractivity contribution is 0.0770. The predicted molar refractivity (Wildman–Crippen MR) is 82.6 cm³/mol. The van der Waals surface area contributed by atoms with E-state index in [4.69, 9.17) is 5.73 Å². The number of carbonyl (C=O) groups excluding carboxylic acids is 2. The topological polar surface area (TPSA) is 79.2 Å². The first-order valence-corrected chi connectivity index (χ1v) is 7.54. The number of nitrogens with two attached hydrogens (primary N) is 1. The minimum Gasteiger partial charge on any atom is -0.354 e. The van der Waals surface area contributed by atoms with Gasteiger partial charge in [-0.3, -0.25) is 9.59 Å². The fourth-order valence-electron chi connectivity index (χ4n) is 3.21. The van der Waals surface area contributed by atoms with Crippen molar-refractivity contribution in [3.8, 4) is 0 Å². The number of aromatic amines is 1. The lowest BCUT2D eigenvalue weighted by atomic mass is 9.90. The van der Waals surface area contributed by atoms with Gasteiger partial charge in [0.05, 0.1) is 0 Å². The summed E-state index contributed by atoms with van der Waals surface area (Å²) < 4.78 is 0. The number of nitrogens with one attached hydrogen (secondary N) is 1. The van der Waals surface area contributed by atoms with Gasteiger partial charge in [-0.1, -0.05) is 13.8 Å². The number of aryl methyl sites for hydroxylation is 1. The number of carbonyl (C=O) groups is 2. The van der Waals surface area contributed by atoms with Crippen molar-refractivity contribution in [2.45, 2.75) is 40.5 Å². The van der Waals surface area contributed by atoms with Gasteiger partial charge in [0.1, 0.15) is 5.69 Å². The number of nitrogens with zero attached hydrogens (tertiary/aromatic N) is 1. The molecule has 1 aliphatic heterocycles. The van der Waals surface area contributed by atoms with Crippen LogP contribution in [0.3, 0.4) is 0 Å². The van der Waals surface area contributed by atoms with E-state index in [1.807, 2.05) is 18.7 Å². The van der Waals surface area contributed by atoms with Crippen LogP contribution in [-0.2, 0) is 6.42 Å². The fraction of sp³-hybridized carbons (Fsp3) is 0.625. The van der Waals surface area contributed by atoms with Crippen LogP contribution in [-0.4, -0.2) is 41.2 Å². The van der Waals surface area contributed by atoms with Crippen molar-refractivity contribution in [2.24, 2.45) is 11.1 Å². The summed E-state index contributed by atoms with van der Waals surface area (Å²) in [6, 6.07) is 0. The first kappa shape index (κ1) is 15.8. The molecule has 2 heterocycles. The Kier molecular flexibility index (Phi) is 4.23. The minimum atomic E-state index is -0.0142. The van der Waals surface area contributed by atoms with Crippen LogP contribution in [0.4, 0.5) is 0 Å². The fourth-order valence-corrected chi connectivity index (χ4v) is 3.21. The molecule has 1 fully saturated rings. The van der Waals surface area contributed by atoms with Crippen LogP contribution >= 0.6 is 0 Å². The van der Waals surface area contributed by atoms with E-state index >= 15 is 0 Å². The summed E-state index contributed by atoms with van der Waals surface area (Å²) in [6.45, 7) is 9.47. The number of Topliss-reactive ketones (excluding diaryl/α,β-unsaturated/α-hetero) is 1. The second-order valence-electron chi connectivity index (χ2n) is 6.38. The van der Waals surface area contributed by atoms with E-state index in [-0.39, 0.29) is 17.1 Å². The summed E-state index contributed by atoms with van der Waals surface area (Å²) >= 11 is 0. The molecule has 21 heavy (non-hydrogen) atoms. The van der Waals surface area contributed by atoms with E-state index in [0.29, 0.717) is 30.8 Å². The van der Waals surface area contributed by atoms with Crippen molar-refractivity contribution in [1.29, 1.82) is 0 Å². The number of hydrogen-bond donors (Lipinski definition) is 2. The Bertz CT molecular complexity index is 576. The van der Waals surface area contributed by atoms with Crippen molar-refractivity contribution < 1.29 is 9.59 Å². The molecule has 0 saturated carbocycles. The third kappa shape index (κ3) is 2.75. The van der Waals surface area contributed by atoms with Gasteiger partial charge in [0.25, 0.3) is 5.91 Å². The maximum atomic E-state index is 12.8. The van der Waals surface area contributed by atoms with Crippen LogP contribution in [0, 0.1) is 12.3 Å². The number of H-pyrrole nitrogens is 1. The molecule has 2 rings (SSSR count). The van der Waals surface area contributed by atoms with Gasteiger partial charge >= 0.3 is 0 Å². The predicted octanol–water partition coefficient (Wildman–Crippen LogP) is 1.90. The highest BCUT2D eigenvalue weighted by atomic mass is 16.2. The van der Waals surface area contributed by atoms with Gasteiger partial charge in [0.15, 0.2) is 5.78 Å². The third-order valence-electron chi connectivity index (χ3n) is 4.55. The van der Waals surface area contributed by atoms with E-state index in [1.165, 1.54) is 0 Å². The molecule has 0 spiro atoms. The molecule has 1 saturated heterocycles. The summed E-state index contributed by atoms with van der Waals surface area (Å²) in [6.07, 6.45) is 1.60. The van der Waals surface area contributed by atoms with E-state index < -0.39 is 0 Å². The zero-order chi connectivity index (χ0) is 15.8. The standard InChI is InChI=1S/C16H25N3O2/c1-5-12-13(11(3)20)10(2)18-14(12)15(21)19-7-6-16(4,8-17)9-19/h18H,5-9,17H2,1-4H3. The molecule has 0 bridgehead atoms. The maximum Gasteiger partial charge on any atom is 0.270 e. The quantitative estimate of drug-likeness (QED) is 0.832. The molecule has 1 aromatic rings. The summed E-state index contributed by atoms with van der Waals surface area (Å²) in [5.74, 6) is -0.00695. The van der Waals surface area contributed by atoms with Crippen molar-refractivity contribution >= 4 is 11.7 Å². The van der Waals surface area contributed by atoms with E-state index in [0.717, 1.165) is 24.2 Å². The molecule has 1 unspecified atom stereocenters. The highest BCUT2D eigenvalue weighted by molar-refractivity contribution is 6.02. The third-order valence-corrected chi connectivity index (χ3v) is 4.55. The van der Waals surface area contributed by atoms with Gasteiger partial charge in [-0.2, -0.15) is 0 Å². The number of ketones is 1. The molecule has 0 radical (unpaired) electrons. The average molecular weight is 291 g/mol. The summed E-state index contributed by atoms with van der Waals surface area (Å²) in [7, 11) is 0. The van der Waals surface area contributed by atoms with Crippen LogP contribution in [0.25, 0.3) is 0 Å². The Balaban J connectivity index is 2.33. The molecule has 116 valence electrons. The molecular weight excluding hydrogens is 266 g/mol. The summed E-state index contributed by atoms with van der Waals surface area (Å²) in [4.78, 5) is 29.5. The van der Waals surface area contributed by atoms with Crippen LogP contribution in [0.15, 0.2) is 0 Å². The van der Waals surface area contributed by atoms with E-state index in [2.05, 4.69) is 11.9 Å². The summed E-state index contributed by atoms with van der Waals surface area (Å²) in [5, 5.41) is 0. The van der Waals surface area contributed by atoms with Gasteiger partial charge in [0, 0.05) is 24.3 Å². The van der Waals surface area contributed by atoms with Crippen LogP contribution in [0.2, 0.25) is 0 Å². The van der Waals surface area contributed by atoms with Crippen LogP contribution in [0.5, 0.6) is 0 Å². The maximum absolute atomic E-state index is 12.8. The van der Waals surface area contributed by atoms with Crippen molar-refractivity contribution in [2.75, 3.05) is 19.6 Å². The normalized spacial score (nSPS) is 21.9. The lowest BCUT2D eigenvalue weighted by Gasteiger charge is -2.22. The second kappa shape index (κ2) is 5.64. The number of rotatable bonds is 4. The molecule has 3 N–H and O–H groups in total. The van der Waals surface area contributed by atoms with Crippen molar-refractivity contribution in [3.63, 3.8) is 0 Å². The van der Waals surface area contributed by atoms with Crippen LogP contribution < -0.4 is 5.73 Å². The molecular formula is C16H25N3O2. The molecule has 5 nitrogen and oxygen atoms in total. The van der Waals surface area contributed by atoms with Gasteiger partial charge in [-0.05, 0) is 44.2 Å². The Morgan fingerprint density at radius 3 is 2.57 bits per heavy atom. The monoisotopic (exact) mass is 291 g/mol. The Hall–Kier alpha value is -1.62. The Morgan fingerprint density at radius 1 is 1.43 bits per heavy atom. The zero-order valence-electron chi connectivity index (χ0n) is 13.4. The number of likely N-dealkylation sites (tertiary alicyclic amines) is 1. The molecule has 1 amide bonds. The average Bonchev–Trinajstić information content (AvgIpc) is 2.99. The van der Waals surface area contributed by atoms with Crippen molar-refractivity contribution in [1.82, 2.24) is 9.88 Å². The SMILES string of the molecule is CCc1c(C(=O)N2CCC(C)(CN)C2)[nH]c(C)c1C(C)=O. The summed E-state index contributed by atoms with van der Waals surface area (Å²) in [5.41, 5.74) is 8.67. The van der Waals surface area contributed by atoms with Crippen LogP contribution in [0.1, 0.15) is 59.3 Å². The number of hydrogen-bond acceptors (Lipinski definition) is 3. The van der Waals surface area contributed by atoms with E-state index in [1.54, 1.807) is 6.92 Å². The van der Waals surface area contributed by atoms with E-state index in [9.17, 15) is 9.59 Å². The molecule has 0 aliphatic carbocycles. The molecule has 1 aromatic heterocycles. The van der Waals surface area contributed by atoms with Gasteiger partial charge in [-0.15, -0.1) is 0 Å². The molecule has 1 aliphatic rings. The Labute approximate surface area is 125 Å². The molecule has 0 aromatic carbocycles. The van der Waals surface area contributed by atoms with Gasteiger partial charge in [-0.25, -0.2) is 0 Å². The smallest absolute Gasteiger partial charge is 0.270 e. The highest BCUT2D eigenvalue weighted by Crippen LogP contribution is 2.30. The first-order chi connectivity index (χ1) is 9.83. The Morgan fingerprint density at radius 2 is 2.10 bits per heavy atom. The first-order valence-electron chi connectivity index (χ1n) is 7.54. The number of aromatic nitrogens is 1. The lowest BCUT2D eigenvalue weighted by Crippen LogP contribution is -2.35. The highest BCUT2D eigenvalue weighted by Gasteiger charge is 2.36. The largest absolute Gasteiger partial charge is 0.354 e. The minimum absolute atomic E-state index is 0.00703. The zero-order valence-corrected chi connectivity index (χ0v) is 13.4. The van der Waals surface area contributed by atoms with Gasteiger partial charge in [0.2, 0.25) is 0 Å².